The molecule has 2 nitrogen and oxygen atoms in total. The Morgan fingerprint density at radius 3 is 2.62 bits per heavy atom. The maximum absolute atomic E-state index is 12.6. The molecule has 0 saturated heterocycles. The average Bonchev–Trinajstić information content (AvgIpc) is 2.51. The number of hydrogen-bond acceptors (Lipinski definition) is 1. The lowest BCUT2D eigenvalue weighted by Gasteiger charge is -2.14. The Morgan fingerprint density at radius 2 is 1.86 bits per heavy atom. The molecule has 1 aromatic heterocycles. The van der Waals surface area contributed by atoms with Gasteiger partial charge in [0.05, 0.1) is 0 Å². The maximum Gasteiger partial charge on any atom is 0.258 e. The summed E-state index contributed by atoms with van der Waals surface area (Å²) in [5.41, 5.74) is 1.32. The smallest absolute Gasteiger partial charge is 0.258 e. The van der Waals surface area contributed by atoms with Crippen LogP contribution in [0.25, 0.3) is 10.8 Å². The molecule has 1 heterocycles. The van der Waals surface area contributed by atoms with Crippen LogP contribution in [-0.4, -0.2) is 4.57 Å². The normalized spacial score (nSPS) is 12.5. The second-order valence-electron chi connectivity index (χ2n) is 5.32. The van der Waals surface area contributed by atoms with E-state index in [1.807, 2.05) is 48.7 Å². The molecule has 0 bridgehead atoms. The SMILES string of the molecule is C[C@@H](Cn1ccc2cc(Br)ccc2c1=O)c1ccccc1. The monoisotopic (exact) mass is 341 g/mol. The van der Waals surface area contributed by atoms with Gasteiger partial charge in [0.25, 0.3) is 5.56 Å². The van der Waals surface area contributed by atoms with Gasteiger partial charge in [-0.25, -0.2) is 0 Å². The highest BCUT2D eigenvalue weighted by molar-refractivity contribution is 9.10. The van der Waals surface area contributed by atoms with Crippen molar-refractivity contribution in [2.45, 2.75) is 19.4 Å². The lowest BCUT2D eigenvalue weighted by Crippen LogP contribution is -2.22. The molecule has 0 aliphatic heterocycles. The fraction of sp³-hybridized carbons (Fsp3) is 0.167. The number of rotatable bonds is 3. The van der Waals surface area contributed by atoms with E-state index in [9.17, 15) is 4.79 Å². The first-order chi connectivity index (χ1) is 10.1. The third-order valence-corrected chi connectivity index (χ3v) is 4.27. The van der Waals surface area contributed by atoms with E-state index in [0.29, 0.717) is 12.5 Å². The standard InChI is InChI=1S/C18H16BrNO/c1-13(14-5-3-2-4-6-14)12-20-10-9-15-11-16(19)7-8-17(15)18(20)21/h2-11,13H,12H2,1H3/t13-/m0/s1. The van der Waals surface area contributed by atoms with Gasteiger partial charge in [0.1, 0.15) is 0 Å². The molecular formula is C18H16BrNO. The topological polar surface area (TPSA) is 22.0 Å². The zero-order chi connectivity index (χ0) is 14.8. The minimum Gasteiger partial charge on any atom is -0.314 e. The molecule has 0 spiro atoms. The van der Waals surface area contributed by atoms with Crippen LogP contribution in [0.3, 0.4) is 0 Å². The fourth-order valence-corrected chi connectivity index (χ4v) is 2.96. The average molecular weight is 342 g/mol. The summed E-state index contributed by atoms with van der Waals surface area (Å²) < 4.78 is 2.79. The Labute approximate surface area is 132 Å². The maximum atomic E-state index is 12.6. The number of pyridine rings is 1. The van der Waals surface area contributed by atoms with Crippen molar-refractivity contribution in [1.82, 2.24) is 4.57 Å². The van der Waals surface area contributed by atoms with Gasteiger partial charge in [0.2, 0.25) is 0 Å². The summed E-state index contributed by atoms with van der Waals surface area (Å²) in [5, 5.41) is 1.74. The van der Waals surface area contributed by atoms with Gasteiger partial charge in [-0.3, -0.25) is 4.79 Å². The zero-order valence-corrected chi connectivity index (χ0v) is 13.4. The minimum atomic E-state index is 0.0720. The van der Waals surface area contributed by atoms with Crippen molar-refractivity contribution in [3.05, 3.63) is 81.2 Å². The Hall–Kier alpha value is -1.87. The number of hydrogen-bond donors (Lipinski definition) is 0. The van der Waals surface area contributed by atoms with Gasteiger partial charge in [-0.2, -0.15) is 0 Å². The predicted molar refractivity (Wildman–Crippen MR) is 90.8 cm³/mol. The molecule has 0 aliphatic carbocycles. The van der Waals surface area contributed by atoms with Crippen LogP contribution >= 0.6 is 15.9 Å². The minimum absolute atomic E-state index is 0.0720. The predicted octanol–water partition coefficient (Wildman–Crippen LogP) is 4.57. The molecular weight excluding hydrogens is 326 g/mol. The van der Waals surface area contributed by atoms with Crippen LogP contribution in [0.5, 0.6) is 0 Å². The largest absolute Gasteiger partial charge is 0.314 e. The first kappa shape index (κ1) is 14.1. The Balaban J connectivity index is 1.96. The third-order valence-electron chi connectivity index (χ3n) is 3.78. The summed E-state index contributed by atoms with van der Waals surface area (Å²) in [6.45, 7) is 2.84. The van der Waals surface area contributed by atoms with Crippen LogP contribution < -0.4 is 5.56 Å². The quantitative estimate of drug-likeness (QED) is 0.684. The van der Waals surface area contributed by atoms with Gasteiger partial charge in [0.15, 0.2) is 0 Å². The molecule has 0 radical (unpaired) electrons. The van der Waals surface area contributed by atoms with Crippen LogP contribution in [0.1, 0.15) is 18.4 Å². The number of aromatic nitrogens is 1. The molecule has 0 unspecified atom stereocenters. The van der Waals surface area contributed by atoms with Gasteiger partial charge in [-0.05, 0) is 41.1 Å². The van der Waals surface area contributed by atoms with E-state index in [-0.39, 0.29) is 5.56 Å². The summed E-state index contributed by atoms with van der Waals surface area (Å²) in [5.74, 6) is 0.303. The van der Waals surface area contributed by atoms with E-state index in [1.165, 1.54) is 5.56 Å². The highest BCUT2D eigenvalue weighted by Crippen LogP contribution is 2.19. The van der Waals surface area contributed by atoms with Crippen molar-refractivity contribution in [2.75, 3.05) is 0 Å². The molecule has 21 heavy (non-hydrogen) atoms. The Kier molecular flexibility index (Phi) is 3.93. The zero-order valence-electron chi connectivity index (χ0n) is 11.8. The highest BCUT2D eigenvalue weighted by Gasteiger charge is 2.09. The summed E-state index contributed by atoms with van der Waals surface area (Å²) in [6, 6.07) is 18.1. The summed E-state index contributed by atoms with van der Waals surface area (Å²) in [7, 11) is 0. The van der Waals surface area contributed by atoms with Crippen molar-refractivity contribution < 1.29 is 0 Å². The van der Waals surface area contributed by atoms with Crippen LogP contribution in [0, 0.1) is 0 Å². The van der Waals surface area contributed by atoms with Crippen molar-refractivity contribution in [3.8, 4) is 0 Å². The summed E-state index contributed by atoms with van der Waals surface area (Å²) in [4.78, 5) is 12.6. The lowest BCUT2D eigenvalue weighted by atomic mass is 10.0. The van der Waals surface area contributed by atoms with Crippen molar-refractivity contribution >= 4 is 26.7 Å². The second-order valence-corrected chi connectivity index (χ2v) is 6.23. The number of nitrogens with zero attached hydrogens (tertiary/aromatic N) is 1. The third kappa shape index (κ3) is 2.93. The number of halogens is 1. The van der Waals surface area contributed by atoms with Gasteiger partial charge >= 0.3 is 0 Å². The number of fused-ring (bicyclic) bond motifs is 1. The van der Waals surface area contributed by atoms with Crippen LogP contribution in [0.4, 0.5) is 0 Å². The van der Waals surface area contributed by atoms with E-state index in [1.54, 1.807) is 4.57 Å². The van der Waals surface area contributed by atoms with E-state index >= 15 is 0 Å². The van der Waals surface area contributed by atoms with E-state index in [0.717, 1.165) is 15.2 Å². The summed E-state index contributed by atoms with van der Waals surface area (Å²) >= 11 is 3.44. The molecule has 1 atom stereocenters. The lowest BCUT2D eigenvalue weighted by molar-refractivity contribution is 0.584. The van der Waals surface area contributed by atoms with Crippen LogP contribution in [0.15, 0.2) is 70.1 Å². The molecule has 2 aromatic carbocycles. The van der Waals surface area contributed by atoms with Gasteiger partial charge in [0, 0.05) is 22.6 Å². The Morgan fingerprint density at radius 1 is 1.10 bits per heavy atom. The van der Waals surface area contributed by atoms with Crippen LogP contribution in [0.2, 0.25) is 0 Å². The molecule has 3 aromatic rings. The molecule has 0 amide bonds. The van der Waals surface area contributed by atoms with Gasteiger partial charge < -0.3 is 4.57 Å². The number of benzene rings is 2. The van der Waals surface area contributed by atoms with Crippen molar-refractivity contribution in [1.29, 1.82) is 0 Å². The molecule has 0 N–H and O–H groups in total. The Bertz CT molecular complexity index is 823. The van der Waals surface area contributed by atoms with Gasteiger partial charge in [-0.1, -0.05) is 53.2 Å². The van der Waals surface area contributed by atoms with Crippen molar-refractivity contribution in [2.24, 2.45) is 0 Å². The first-order valence-electron chi connectivity index (χ1n) is 6.99. The second kappa shape index (κ2) is 5.86. The molecule has 106 valence electrons. The molecule has 0 fully saturated rings. The molecule has 0 aliphatic rings. The van der Waals surface area contributed by atoms with E-state index < -0.39 is 0 Å². The van der Waals surface area contributed by atoms with Crippen molar-refractivity contribution in [3.63, 3.8) is 0 Å². The summed E-state index contributed by atoms with van der Waals surface area (Å²) in [6.07, 6.45) is 1.89. The van der Waals surface area contributed by atoms with E-state index in [4.69, 9.17) is 0 Å². The molecule has 3 rings (SSSR count). The van der Waals surface area contributed by atoms with Crippen LogP contribution in [-0.2, 0) is 6.54 Å². The van der Waals surface area contributed by atoms with Gasteiger partial charge in [-0.15, -0.1) is 0 Å². The molecule has 0 saturated carbocycles. The fourth-order valence-electron chi connectivity index (χ4n) is 2.58. The molecule has 3 heteroatoms. The highest BCUT2D eigenvalue weighted by atomic mass is 79.9. The van der Waals surface area contributed by atoms with E-state index in [2.05, 4.69) is 35.0 Å². The first-order valence-corrected chi connectivity index (χ1v) is 7.78.